The van der Waals surface area contributed by atoms with E-state index in [-0.39, 0.29) is 27.4 Å². The normalized spacial score (nSPS) is 16.3. The fourth-order valence-corrected chi connectivity index (χ4v) is 6.67. The fraction of sp³-hybridized carbons (Fsp3) is 0.348. The highest BCUT2D eigenvalue weighted by Crippen LogP contribution is 2.35. The summed E-state index contributed by atoms with van der Waals surface area (Å²) in [6.45, 7) is 4.70. The van der Waals surface area contributed by atoms with E-state index >= 15 is 0 Å². The molecule has 1 fully saturated rings. The topological polar surface area (TPSA) is 88.4 Å². The molecule has 4 rings (SSSR count). The molecule has 12 heteroatoms. The quantitative estimate of drug-likeness (QED) is 0.365. The molecule has 3 aromatic rings. The number of likely N-dealkylation sites (tertiary alicyclic amines) is 1. The third kappa shape index (κ3) is 5.13. The van der Waals surface area contributed by atoms with E-state index in [1.165, 1.54) is 22.5 Å². The molecule has 35 heavy (non-hydrogen) atoms. The Morgan fingerprint density at radius 3 is 2.57 bits per heavy atom. The van der Waals surface area contributed by atoms with Crippen LogP contribution in [-0.4, -0.2) is 58.2 Å². The lowest BCUT2D eigenvalue weighted by atomic mass is 10.1. The zero-order valence-electron chi connectivity index (χ0n) is 19.2. The predicted octanol–water partition coefficient (Wildman–Crippen LogP) is 5.34. The molecule has 2 aromatic carbocycles. The molecule has 8 nitrogen and oxygen atoms in total. The average Bonchev–Trinajstić information content (AvgIpc) is 3.49. The molecule has 2 heterocycles. The van der Waals surface area contributed by atoms with Gasteiger partial charge in [-0.25, -0.2) is 13.1 Å². The molecule has 0 bridgehead atoms. The average molecular weight is 601 g/mol. The van der Waals surface area contributed by atoms with Crippen molar-refractivity contribution in [3.05, 3.63) is 68.4 Å². The van der Waals surface area contributed by atoms with Crippen LogP contribution in [0.3, 0.4) is 0 Å². The van der Waals surface area contributed by atoms with Crippen molar-refractivity contribution in [2.24, 2.45) is 0 Å². The highest BCUT2D eigenvalue weighted by molar-refractivity contribution is 9.10. The number of carbonyl (C=O) groups is 1. The van der Waals surface area contributed by atoms with Crippen LogP contribution < -0.4 is 0 Å². The summed E-state index contributed by atoms with van der Waals surface area (Å²) >= 11 is 16.1. The van der Waals surface area contributed by atoms with Gasteiger partial charge in [-0.3, -0.25) is 4.79 Å². The maximum Gasteiger partial charge on any atom is 0.255 e. The van der Waals surface area contributed by atoms with Crippen molar-refractivity contribution >= 4 is 55.1 Å². The Morgan fingerprint density at radius 1 is 1.14 bits per heavy atom. The molecular formula is C23H24BrCl2N5O3S. The van der Waals surface area contributed by atoms with Gasteiger partial charge in [0.2, 0.25) is 10.0 Å². The summed E-state index contributed by atoms with van der Waals surface area (Å²) < 4.78 is 29.8. The van der Waals surface area contributed by atoms with E-state index in [1.807, 2.05) is 12.1 Å². The van der Waals surface area contributed by atoms with Gasteiger partial charge in [-0.2, -0.15) is 4.31 Å². The number of sulfonamides is 1. The van der Waals surface area contributed by atoms with Gasteiger partial charge in [0.15, 0.2) is 0 Å². The van der Waals surface area contributed by atoms with Gasteiger partial charge in [0, 0.05) is 24.1 Å². The number of carbonyl (C=O) groups excluding carboxylic acids is 1. The number of hydrogen-bond donors (Lipinski definition) is 0. The van der Waals surface area contributed by atoms with Crippen molar-refractivity contribution in [2.45, 2.75) is 37.6 Å². The molecule has 1 aromatic heterocycles. The minimum Gasteiger partial charge on any atom is -0.330 e. The second-order valence-corrected chi connectivity index (χ2v) is 11.7. The second-order valence-electron chi connectivity index (χ2n) is 8.07. The third-order valence-electron chi connectivity index (χ3n) is 6.03. The molecule has 0 N–H and O–H groups in total. The molecule has 1 saturated heterocycles. The van der Waals surface area contributed by atoms with E-state index in [0.29, 0.717) is 42.5 Å². The lowest BCUT2D eigenvalue weighted by Crippen LogP contribution is -2.32. The van der Waals surface area contributed by atoms with E-state index in [9.17, 15) is 13.2 Å². The van der Waals surface area contributed by atoms with E-state index in [0.717, 1.165) is 10.9 Å². The minimum absolute atomic E-state index is 0.0421. The lowest BCUT2D eigenvalue weighted by molar-refractivity contribution is 0.0733. The maximum atomic E-state index is 13.6. The number of nitrogens with zero attached hydrogens (tertiary/aromatic N) is 5. The van der Waals surface area contributed by atoms with Crippen LogP contribution in [0.4, 0.5) is 0 Å². The van der Waals surface area contributed by atoms with Gasteiger partial charge in [0.25, 0.3) is 5.91 Å². The molecule has 1 aliphatic rings. The summed E-state index contributed by atoms with van der Waals surface area (Å²) in [6.07, 6.45) is 3.24. The SMILES string of the molecule is CCN(CC)S(=O)(=O)c1ccc(Cl)c(C(=O)N2CCCC2c2cn(-c3ccc(Br)cc3Cl)nn2)c1. The third-order valence-corrected chi connectivity index (χ3v) is 9.21. The van der Waals surface area contributed by atoms with Gasteiger partial charge in [0.1, 0.15) is 5.69 Å². The fourth-order valence-electron chi connectivity index (χ4n) is 4.23. The monoisotopic (exact) mass is 599 g/mol. The van der Waals surface area contributed by atoms with Gasteiger partial charge in [-0.15, -0.1) is 5.10 Å². The molecule has 1 amide bonds. The Balaban J connectivity index is 1.64. The Kier molecular flexibility index (Phi) is 7.87. The maximum absolute atomic E-state index is 13.6. The van der Waals surface area contributed by atoms with Gasteiger partial charge in [0.05, 0.1) is 38.4 Å². The van der Waals surface area contributed by atoms with Crippen LogP contribution in [0.1, 0.15) is 48.8 Å². The van der Waals surface area contributed by atoms with Crippen molar-refractivity contribution in [3.63, 3.8) is 0 Å². The Bertz CT molecular complexity index is 1360. The van der Waals surface area contributed by atoms with Crippen LogP contribution >= 0.6 is 39.1 Å². The van der Waals surface area contributed by atoms with Crippen molar-refractivity contribution in [1.29, 1.82) is 0 Å². The van der Waals surface area contributed by atoms with E-state index in [4.69, 9.17) is 23.2 Å². The first-order valence-electron chi connectivity index (χ1n) is 11.2. The van der Waals surface area contributed by atoms with Gasteiger partial charge in [-0.05, 0) is 49.2 Å². The number of benzene rings is 2. The highest BCUT2D eigenvalue weighted by atomic mass is 79.9. The van der Waals surface area contributed by atoms with Crippen LogP contribution in [0, 0.1) is 0 Å². The zero-order chi connectivity index (χ0) is 25.3. The van der Waals surface area contributed by atoms with E-state index < -0.39 is 10.0 Å². The van der Waals surface area contributed by atoms with E-state index in [2.05, 4.69) is 26.2 Å². The molecule has 1 atom stereocenters. The largest absolute Gasteiger partial charge is 0.330 e. The van der Waals surface area contributed by atoms with Crippen molar-refractivity contribution in [3.8, 4) is 5.69 Å². The minimum atomic E-state index is -3.74. The highest BCUT2D eigenvalue weighted by Gasteiger charge is 2.34. The first-order chi connectivity index (χ1) is 16.7. The molecule has 1 unspecified atom stereocenters. The van der Waals surface area contributed by atoms with Crippen LogP contribution in [0.5, 0.6) is 0 Å². The Hall–Kier alpha value is -1.98. The van der Waals surface area contributed by atoms with Crippen molar-refractivity contribution in [2.75, 3.05) is 19.6 Å². The van der Waals surface area contributed by atoms with Crippen molar-refractivity contribution in [1.82, 2.24) is 24.2 Å². The second kappa shape index (κ2) is 10.6. The summed E-state index contributed by atoms with van der Waals surface area (Å²) in [5, 5.41) is 9.22. The molecule has 0 aliphatic carbocycles. The molecule has 186 valence electrons. The number of rotatable bonds is 7. The zero-order valence-corrected chi connectivity index (χ0v) is 23.1. The van der Waals surface area contributed by atoms with Crippen LogP contribution in [-0.2, 0) is 10.0 Å². The standard InChI is InChI=1S/C23H24BrCl2N5O3S/c1-3-29(4-2)35(33,34)16-8-9-18(25)17(13-16)23(32)30-11-5-6-22(30)20-14-31(28-27-20)21-10-7-15(24)12-19(21)26/h7-10,12-14,22H,3-6,11H2,1-2H3. The molecule has 0 saturated carbocycles. The predicted molar refractivity (Wildman–Crippen MR) is 139 cm³/mol. The Labute approximate surface area is 223 Å². The summed E-state index contributed by atoms with van der Waals surface area (Å²) in [4.78, 5) is 15.3. The first kappa shape index (κ1) is 26.1. The Morgan fingerprint density at radius 2 is 1.89 bits per heavy atom. The summed E-state index contributed by atoms with van der Waals surface area (Å²) in [7, 11) is -3.74. The summed E-state index contributed by atoms with van der Waals surface area (Å²) in [6, 6.07) is 9.39. The summed E-state index contributed by atoms with van der Waals surface area (Å²) in [5.41, 5.74) is 1.44. The summed E-state index contributed by atoms with van der Waals surface area (Å²) in [5.74, 6) is -0.342. The number of hydrogen-bond acceptors (Lipinski definition) is 5. The number of aromatic nitrogens is 3. The van der Waals surface area contributed by atoms with Gasteiger partial charge >= 0.3 is 0 Å². The van der Waals surface area contributed by atoms with Crippen molar-refractivity contribution < 1.29 is 13.2 Å². The molecular weight excluding hydrogens is 577 g/mol. The number of amides is 1. The van der Waals surface area contributed by atoms with Crippen LogP contribution in [0.25, 0.3) is 5.69 Å². The molecule has 0 radical (unpaired) electrons. The molecule has 1 aliphatic heterocycles. The van der Waals surface area contributed by atoms with Crippen LogP contribution in [0.2, 0.25) is 10.0 Å². The smallest absolute Gasteiger partial charge is 0.255 e. The van der Waals surface area contributed by atoms with E-state index in [1.54, 1.807) is 35.7 Å². The molecule has 0 spiro atoms. The van der Waals surface area contributed by atoms with Crippen LogP contribution in [0.15, 0.2) is 52.0 Å². The van der Waals surface area contributed by atoms with Gasteiger partial charge < -0.3 is 4.90 Å². The number of halogens is 3. The van der Waals surface area contributed by atoms with Gasteiger partial charge in [-0.1, -0.05) is 58.2 Å². The first-order valence-corrected chi connectivity index (χ1v) is 14.1. The lowest BCUT2D eigenvalue weighted by Gasteiger charge is -2.24.